The number of H-pyrrole nitrogens is 1. The monoisotopic (exact) mass is 570 g/mol. The normalized spacial score (nSPS) is 15.6. The molecule has 4 heterocycles. The lowest BCUT2D eigenvalue weighted by Gasteiger charge is -2.48. The smallest absolute Gasteiger partial charge is 0.148 e. The Hall–Kier alpha value is -3.39. The summed E-state index contributed by atoms with van der Waals surface area (Å²) in [5.74, 6) is 1.22. The molecular weight excluding hydrogens is 547 g/mol. The van der Waals surface area contributed by atoms with Gasteiger partial charge in [-0.3, -0.25) is 10.1 Å². The standard InChI is InChI=1S/C26H24Cl2N6O3S/c1-15(23-20(27)10-30-11-21(23)28)37-18-4-5-22-19(7-18)24(33-32-22)17-6-16(8-29)25(31-9-17)34-12-26(2,13-34)14-38(3,35)36/h4-7,9-11,15H,12-14H2,1-3H3,(H,32,33)/t15-/m1/s1. The lowest BCUT2D eigenvalue weighted by molar-refractivity contribution is 0.227. The number of nitrogens with one attached hydrogen (secondary N) is 1. The molecule has 0 aliphatic carbocycles. The number of nitrogens with zero attached hydrogens (tertiary/aromatic N) is 5. The maximum atomic E-state index is 11.8. The molecule has 38 heavy (non-hydrogen) atoms. The number of ether oxygens (including phenoxy) is 1. The number of aromatic amines is 1. The van der Waals surface area contributed by atoms with Crippen LogP contribution in [0.1, 0.15) is 31.1 Å². The maximum absolute atomic E-state index is 11.8. The molecule has 1 N–H and O–H groups in total. The van der Waals surface area contributed by atoms with Gasteiger partial charge in [0, 0.05) is 59.9 Å². The number of hydrogen-bond acceptors (Lipinski definition) is 8. The predicted molar refractivity (Wildman–Crippen MR) is 147 cm³/mol. The Morgan fingerprint density at radius 3 is 2.58 bits per heavy atom. The van der Waals surface area contributed by atoms with E-state index in [9.17, 15) is 13.7 Å². The quantitative estimate of drug-likeness (QED) is 0.321. The summed E-state index contributed by atoms with van der Waals surface area (Å²) < 4.78 is 29.7. The number of halogens is 2. The van der Waals surface area contributed by atoms with Crippen molar-refractivity contribution in [3.8, 4) is 23.1 Å². The molecule has 1 aliphatic rings. The van der Waals surface area contributed by atoms with Gasteiger partial charge in [0.2, 0.25) is 0 Å². The molecule has 5 rings (SSSR count). The van der Waals surface area contributed by atoms with Crippen molar-refractivity contribution in [1.82, 2.24) is 20.2 Å². The van der Waals surface area contributed by atoms with E-state index in [2.05, 4.69) is 26.2 Å². The van der Waals surface area contributed by atoms with Crippen LogP contribution in [0.3, 0.4) is 0 Å². The third-order valence-electron chi connectivity index (χ3n) is 6.46. The van der Waals surface area contributed by atoms with E-state index in [0.717, 1.165) is 10.9 Å². The molecule has 1 fully saturated rings. The summed E-state index contributed by atoms with van der Waals surface area (Å²) in [6.07, 6.45) is 5.53. The van der Waals surface area contributed by atoms with E-state index in [1.807, 2.05) is 36.9 Å². The molecule has 12 heteroatoms. The molecule has 0 radical (unpaired) electrons. The number of nitriles is 1. The van der Waals surface area contributed by atoms with Crippen LogP contribution in [0.5, 0.6) is 5.75 Å². The number of benzene rings is 1. The van der Waals surface area contributed by atoms with E-state index in [0.29, 0.717) is 57.1 Å². The fourth-order valence-electron chi connectivity index (χ4n) is 5.03. The van der Waals surface area contributed by atoms with Crippen LogP contribution in [0.25, 0.3) is 22.2 Å². The van der Waals surface area contributed by atoms with Gasteiger partial charge in [0.05, 0.1) is 26.9 Å². The summed E-state index contributed by atoms with van der Waals surface area (Å²) in [4.78, 5) is 10.5. The second-order valence-electron chi connectivity index (χ2n) is 10.0. The van der Waals surface area contributed by atoms with Crippen molar-refractivity contribution < 1.29 is 13.2 Å². The zero-order chi connectivity index (χ0) is 27.2. The first-order valence-electron chi connectivity index (χ1n) is 11.7. The summed E-state index contributed by atoms with van der Waals surface area (Å²) in [7, 11) is -3.10. The van der Waals surface area contributed by atoms with Gasteiger partial charge in [0.1, 0.15) is 39.3 Å². The van der Waals surface area contributed by atoms with Crippen molar-refractivity contribution in [3.05, 3.63) is 64.0 Å². The van der Waals surface area contributed by atoms with Crippen molar-refractivity contribution in [2.75, 3.05) is 30.0 Å². The highest BCUT2D eigenvalue weighted by Gasteiger charge is 2.42. The Morgan fingerprint density at radius 2 is 1.92 bits per heavy atom. The van der Waals surface area contributed by atoms with Gasteiger partial charge in [-0.25, -0.2) is 13.4 Å². The molecule has 1 aromatic carbocycles. The average Bonchev–Trinajstić information content (AvgIpc) is 3.24. The first-order chi connectivity index (χ1) is 18.0. The van der Waals surface area contributed by atoms with E-state index in [1.54, 1.807) is 12.3 Å². The molecular formula is C26H24Cl2N6O3S. The summed E-state index contributed by atoms with van der Waals surface area (Å²) in [6.45, 7) is 4.80. The molecule has 0 saturated carbocycles. The molecule has 1 saturated heterocycles. The minimum atomic E-state index is -3.10. The van der Waals surface area contributed by atoms with Gasteiger partial charge in [0.25, 0.3) is 0 Å². The van der Waals surface area contributed by atoms with Gasteiger partial charge in [-0.15, -0.1) is 0 Å². The zero-order valence-electron chi connectivity index (χ0n) is 20.9. The molecule has 0 spiro atoms. The molecule has 1 atom stereocenters. The molecule has 3 aromatic heterocycles. The van der Waals surface area contributed by atoms with E-state index >= 15 is 0 Å². The van der Waals surface area contributed by atoms with Crippen LogP contribution in [-0.4, -0.2) is 53.7 Å². The summed E-state index contributed by atoms with van der Waals surface area (Å²) >= 11 is 12.6. The lowest BCUT2D eigenvalue weighted by Crippen LogP contribution is -2.58. The Labute approximate surface area is 230 Å². The van der Waals surface area contributed by atoms with E-state index in [-0.39, 0.29) is 11.2 Å². The van der Waals surface area contributed by atoms with Crippen LogP contribution in [0, 0.1) is 16.7 Å². The number of rotatable bonds is 7. The first-order valence-corrected chi connectivity index (χ1v) is 14.5. The van der Waals surface area contributed by atoms with E-state index in [4.69, 9.17) is 27.9 Å². The maximum Gasteiger partial charge on any atom is 0.148 e. The summed E-state index contributed by atoms with van der Waals surface area (Å²) in [6, 6.07) is 9.51. The van der Waals surface area contributed by atoms with Crippen LogP contribution >= 0.6 is 23.2 Å². The molecule has 0 bridgehead atoms. The molecule has 196 valence electrons. The van der Waals surface area contributed by atoms with E-state index < -0.39 is 15.9 Å². The van der Waals surface area contributed by atoms with Gasteiger partial charge in [-0.05, 0) is 31.2 Å². The third-order valence-corrected chi connectivity index (χ3v) is 8.28. The second-order valence-corrected chi connectivity index (χ2v) is 13.0. The van der Waals surface area contributed by atoms with Crippen LogP contribution in [0.2, 0.25) is 10.0 Å². The number of fused-ring (bicyclic) bond motifs is 1. The van der Waals surface area contributed by atoms with Crippen LogP contribution in [-0.2, 0) is 9.84 Å². The SMILES string of the molecule is C[C@@H](Oc1ccc2[nH]nc(-c3cnc(N4CC(C)(CS(C)(=O)=O)C4)c(C#N)c3)c2c1)c1c(Cl)cncc1Cl. The number of pyridine rings is 2. The Kier molecular flexibility index (Phi) is 6.71. The fraction of sp³-hybridized carbons (Fsp3) is 0.308. The zero-order valence-corrected chi connectivity index (χ0v) is 23.2. The van der Waals surface area contributed by atoms with Crippen molar-refractivity contribution in [1.29, 1.82) is 5.26 Å². The number of hydrogen-bond donors (Lipinski definition) is 1. The highest BCUT2D eigenvalue weighted by Crippen LogP contribution is 2.38. The van der Waals surface area contributed by atoms with Gasteiger partial charge >= 0.3 is 0 Å². The lowest BCUT2D eigenvalue weighted by atomic mass is 9.84. The number of anilines is 1. The summed E-state index contributed by atoms with van der Waals surface area (Å²) in [5.41, 5.74) is 2.76. The largest absolute Gasteiger partial charge is 0.486 e. The van der Waals surface area contributed by atoms with E-state index in [1.165, 1.54) is 18.6 Å². The Balaban J connectivity index is 1.41. The van der Waals surface area contributed by atoms with Crippen molar-refractivity contribution in [2.24, 2.45) is 5.41 Å². The fourth-order valence-corrected chi connectivity index (χ4v) is 7.15. The van der Waals surface area contributed by atoms with Crippen LogP contribution in [0.4, 0.5) is 5.82 Å². The minimum absolute atomic E-state index is 0.0956. The Morgan fingerprint density at radius 1 is 1.21 bits per heavy atom. The first kappa shape index (κ1) is 26.2. The van der Waals surface area contributed by atoms with Crippen molar-refractivity contribution >= 4 is 49.8 Å². The second kappa shape index (κ2) is 9.73. The minimum Gasteiger partial charge on any atom is -0.486 e. The third kappa shape index (κ3) is 5.14. The van der Waals surface area contributed by atoms with Gasteiger partial charge in [0.15, 0.2) is 0 Å². The molecule has 9 nitrogen and oxygen atoms in total. The highest BCUT2D eigenvalue weighted by molar-refractivity contribution is 7.90. The van der Waals surface area contributed by atoms with Gasteiger partial charge in [-0.2, -0.15) is 10.4 Å². The predicted octanol–water partition coefficient (Wildman–Crippen LogP) is 5.21. The van der Waals surface area contributed by atoms with Crippen LogP contribution in [0.15, 0.2) is 42.9 Å². The van der Waals surface area contributed by atoms with Gasteiger partial charge < -0.3 is 9.64 Å². The average molecular weight is 571 g/mol. The topological polar surface area (TPSA) is 125 Å². The van der Waals surface area contributed by atoms with Crippen molar-refractivity contribution in [3.63, 3.8) is 0 Å². The molecule has 1 aliphatic heterocycles. The van der Waals surface area contributed by atoms with Gasteiger partial charge in [-0.1, -0.05) is 30.1 Å². The highest BCUT2D eigenvalue weighted by atomic mass is 35.5. The van der Waals surface area contributed by atoms with Crippen LogP contribution < -0.4 is 9.64 Å². The molecule has 4 aromatic rings. The molecule has 0 unspecified atom stereocenters. The number of aromatic nitrogens is 4. The van der Waals surface area contributed by atoms with Crippen molar-refractivity contribution in [2.45, 2.75) is 20.0 Å². The number of sulfone groups is 1. The molecule has 0 amide bonds. The summed E-state index contributed by atoms with van der Waals surface area (Å²) in [5, 5.41) is 19.0. The Bertz CT molecular complexity index is 1670.